The third-order valence-electron chi connectivity index (χ3n) is 1.68. The van der Waals surface area contributed by atoms with Gasteiger partial charge in [0.25, 0.3) is 0 Å². The van der Waals surface area contributed by atoms with Crippen molar-refractivity contribution in [3.05, 3.63) is 29.6 Å². The van der Waals surface area contributed by atoms with Gasteiger partial charge in [-0.1, -0.05) is 0 Å². The summed E-state index contributed by atoms with van der Waals surface area (Å²) in [5, 5.41) is 0. The van der Waals surface area contributed by atoms with Crippen LogP contribution in [0, 0.1) is 0 Å². The molecular weight excluding hydrogens is 193 g/mol. The molecule has 1 unspecified atom stereocenters. The molecule has 0 aliphatic carbocycles. The number of halogens is 3. The lowest BCUT2D eigenvalue weighted by Crippen LogP contribution is -2.18. The van der Waals surface area contributed by atoms with Gasteiger partial charge in [0.2, 0.25) is 0 Å². The van der Waals surface area contributed by atoms with Gasteiger partial charge in [-0.25, -0.2) is 0 Å². The first kappa shape index (κ1) is 11.0. The molecule has 1 rings (SSSR count). The van der Waals surface area contributed by atoms with Crippen molar-refractivity contribution in [2.24, 2.45) is 5.73 Å². The lowest BCUT2D eigenvalue weighted by atomic mass is 10.1. The molecule has 1 atom stereocenters. The first-order valence-electron chi connectivity index (χ1n) is 4.17. The number of rotatable bonds is 2. The van der Waals surface area contributed by atoms with Crippen LogP contribution in [0.3, 0.4) is 0 Å². The first-order valence-corrected chi connectivity index (χ1v) is 4.17. The maximum absolute atomic E-state index is 12.1. The minimum atomic E-state index is -4.32. The molecule has 5 heteroatoms. The third-order valence-corrected chi connectivity index (χ3v) is 1.68. The van der Waals surface area contributed by atoms with Gasteiger partial charge in [-0.05, 0) is 19.1 Å². The maximum Gasteiger partial charge on any atom is 0.417 e. The van der Waals surface area contributed by atoms with Gasteiger partial charge in [-0.2, -0.15) is 13.2 Å². The van der Waals surface area contributed by atoms with Crippen LogP contribution in [0.25, 0.3) is 0 Å². The Morgan fingerprint density at radius 3 is 2.43 bits per heavy atom. The summed E-state index contributed by atoms with van der Waals surface area (Å²) in [4.78, 5) is 3.69. The number of pyridine rings is 1. The predicted octanol–water partition coefficient (Wildman–Crippen LogP) is 1.99. The van der Waals surface area contributed by atoms with Crippen LogP contribution >= 0.6 is 0 Å². The average Bonchev–Trinajstić information content (AvgIpc) is 2.02. The zero-order valence-electron chi connectivity index (χ0n) is 7.67. The largest absolute Gasteiger partial charge is 0.417 e. The van der Waals surface area contributed by atoms with E-state index in [1.165, 1.54) is 6.07 Å². The topological polar surface area (TPSA) is 38.9 Å². The lowest BCUT2D eigenvalue weighted by molar-refractivity contribution is -0.137. The molecule has 0 saturated heterocycles. The molecule has 14 heavy (non-hydrogen) atoms. The van der Waals surface area contributed by atoms with Crippen molar-refractivity contribution < 1.29 is 13.2 Å². The van der Waals surface area contributed by atoms with Crippen molar-refractivity contribution in [2.45, 2.75) is 25.6 Å². The van der Waals surface area contributed by atoms with Gasteiger partial charge < -0.3 is 5.73 Å². The molecule has 0 aromatic carbocycles. The summed E-state index contributed by atoms with van der Waals surface area (Å²) in [6.07, 6.45) is -3.00. The Bertz CT molecular complexity index is 290. The monoisotopic (exact) mass is 204 g/mol. The van der Waals surface area contributed by atoms with Crippen LogP contribution in [-0.4, -0.2) is 11.0 Å². The normalized spacial score (nSPS) is 14.1. The van der Waals surface area contributed by atoms with Gasteiger partial charge in [0.1, 0.15) is 0 Å². The summed E-state index contributed by atoms with van der Waals surface area (Å²) in [6, 6.07) is 2.27. The molecule has 0 aliphatic rings. The summed E-state index contributed by atoms with van der Waals surface area (Å²) >= 11 is 0. The molecule has 1 aromatic rings. The summed E-state index contributed by atoms with van der Waals surface area (Å²) in [5.74, 6) is 0. The zero-order valence-corrected chi connectivity index (χ0v) is 7.67. The van der Waals surface area contributed by atoms with Crippen LogP contribution < -0.4 is 5.73 Å². The van der Waals surface area contributed by atoms with Crippen molar-refractivity contribution in [1.29, 1.82) is 0 Å². The standard InChI is InChI=1S/C9H11F3N2/c1-6(13)4-8-3-2-7(5-14-8)9(10,11)12/h2-3,5-6H,4,13H2,1H3. The van der Waals surface area contributed by atoms with E-state index in [1.807, 2.05) is 0 Å². The molecular formula is C9H11F3N2. The van der Waals surface area contributed by atoms with E-state index in [4.69, 9.17) is 5.73 Å². The van der Waals surface area contributed by atoms with Gasteiger partial charge >= 0.3 is 6.18 Å². The predicted molar refractivity (Wildman–Crippen MR) is 46.6 cm³/mol. The van der Waals surface area contributed by atoms with E-state index in [2.05, 4.69) is 4.98 Å². The van der Waals surface area contributed by atoms with E-state index in [1.54, 1.807) is 6.92 Å². The van der Waals surface area contributed by atoms with E-state index in [0.29, 0.717) is 12.1 Å². The number of nitrogens with two attached hydrogens (primary N) is 1. The SMILES string of the molecule is CC(N)Cc1ccc(C(F)(F)F)cn1. The minimum absolute atomic E-state index is 0.0979. The van der Waals surface area contributed by atoms with Gasteiger partial charge in [-0.3, -0.25) is 4.98 Å². The summed E-state index contributed by atoms with van der Waals surface area (Å²) < 4.78 is 36.4. The molecule has 1 aromatic heterocycles. The van der Waals surface area contributed by atoms with Crippen LogP contribution in [0.1, 0.15) is 18.2 Å². The van der Waals surface area contributed by atoms with Gasteiger partial charge in [-0.15, -0.1) is 0 Å². The summed E-state index contributed by atoms with van der Waals surface area (Å²) in [5.41, 5.74) is 5.33. The Hall–Kier alpha value is -1.10. The summed E-state index contributed by atoms with van der Waals surface area (Å²) in [7, 11) is 0. The molecule has 0 saturated carbocycles. The number of aromatic nitrogens is 1. The van der Waals surface area contributed by atoms with Crippen LogP contribution in [0.5, 0.6) is 0 Å². The summed E-state index contributed by atoms with van der Waals surface area (Å²) in [6.45, 7) is 1.78. The Labute approximate surface area is 79.9 Å². The fraction of sp³-hybridized carbons (Fsp3) is 0.444. The van der Waals surface area contributed by atoms with Crippen LogP contribution in [0.4, 0.5) is 13.2 Å². The highest BCUT2D eigenvalue weighted by Gasteiger charge is 2.30. The highest BCUT2D eigenvalue weighted by Crippen LogP contribution is 2.28. The van der Waals surface area contributed by atoms with Crippen LogP contribution in [0.15, 0.2) is 18.3 Å². The van der Waals surface area contributed by atoms with Crippen molar-refractivity contribution in [2.75, 3.05) is 0 Å². The Balaban J connectivity index is 2.79. The van der Waals surface area contributed by atoms with Crippen molar-refractivity contribution >= 4 is 0 Å². The minimum Gasteiger partial charge on any atom is -0.328 e. The highest BCUT2D eigenvalue weighted by molar-refractivity contribution is 5.17. The van der Waals surface area contributed by atoms with Crippen LogP contribution in [0.2, 0.25) is 0 Å². The number of alkyl halides is 3. The first-order chi connectivity index (χ1) is 6.39. The van der Waals surface area contributed by atoms with E-state index in [0.717, 1.165) is 12.3 Å². The second-order valence-corrected chi connectivity index (χ2v) is 3.22. The molecule has 0 aliphatic heterocycles. The molecule has 0 bridgehead atoms. The maximum atomic E-state index is 12.1. The average molecular weight is 204 g/mol. The Morgan fingerprint density at radius 1 is 1.43 bits per heavy atom. The highest BCUT2D eigenvalue weighted by atomic mass is 19.4. The smallest absolute Gasteiger partial charge is 0.328 e. The zero-order chi connectivity index (χ0) is 10.8. The van der Waals surface area contributed by atoms with Crippen LogP contribution in [-0.2, 0) is 12.6 Å². The van der Waals surface area contributed by atoms with Crippen molar-refractivity contribution in [3.8, 4) is 0 Å². The fourth-order valence-electron chi connectivity index (χ4n) is 1.04. The van der Waals surface area contributed by atoms with E-state index >= 15 is 0 Å². The Kier molecular flexibility index (Phi) is 3.10. The number of nitrogens with zero attached hydrogens (tertiary/aromatic N) is 1. The van der Waals surface area contributed by atoms with E-state index in [9.17, 15) is 13.2 Å². The van der Waals surface area contributed by atoms with E-state index in [-0.39, 0.29) is 6.04 Å². The Morgan fingerprint density at radius 2 is 2.07 bits per heavy atom. The molecule has 2 nitrogen and oxygen atoms in total. The lowest BCUT2D eigenvalue weighted by Gasteiger charge is -2.07. The molecule has 1 heterocycles. The van der Waals surface area contributed by atoms with Gasteiger partial charge in [0.05, 0.1) is 5.56 Å². The fourth-order valence-corrected chi connectivity index (χ4v) is 1.04. The second kappa shape index (κ2) is 3.96. The molecule has 0 amide bonds. The van der Waals surface area contributed by atoms with Crippen molar-refractivity contribution in [1.82, 2.24) is 4.98 Å². The molecule has 2 N–H and O–H groups in total. The van der Waals surface area contributed by atoms with E-state index < -0.39 is 11.7 Å². The molecule has 0 spiro atoms. The quantitative estimate of drug-likeness (QED) is 0.800. The van der Waals surface area contributed by atoms with Crippen molar-refractivity contribution in [3.63, 3.8) is 0 Å². The molecule has 0 fully saturated rings. The molecule has 0 radical (unpaired) electrons. The number of hydrogen-bond acceptors (Lipinski definition) is 2. The third kappa shape index (κ3) is 2.99. The second-order valence-electron chi connectivity index (χ2n) is 3.22. The van der Waals surface area contributed by atoms with Gasteiger partial charge in [0.15, 0.2) is 0 Å². The number of hydrogen-bond donors (Lipinski definition) is 1. The molecule has 78 valence electrons. The van der Waals surface area contributed by atoms with Gasteiger partial charge in [0, 0.05) is 24.4 Å².